The fourth-order valence-electron chi connectivity index (χ4n) is 2.74. The molecule has 1 aliphatic rings. The lowest BCUT2D eigenvalue weighted by atomic mass is 10.00. The molecule has 10 heteroatoms. The third-order valence-electron chi connectivity index (χ3n) is 3.97. The van der Waals surface area contributed by atoms with Crippen LogP contribution in [0.1, 0.15) is 23.6 Å². The maximum Gasteiger partial charge on any atom is 0.422 e. The second kappa shape index (κ2) is 8.32. The normalized spacial score (nSPS) is 15.9. The summed E-state index contributed by atoms with van der Waals surface area (Å²) in [6.45, 7) is -1.08. The zero-order valence-electron chi connectivity index (χ0n) is 14.6. The van der Waals surface area contributed by atoms with Crippen molar-refractivity contribution >= 4 is 6.03 Å². The van der Waals surface area contributed by atoms with Crippen LogP contribution in [0.4, 0.5) is 22.4 Å². The van der Waals surface area contributed by atoms with E-state index in [2.05, 4.69) is 20.4 Å². The van der Waals surface area contributed by atoms with Crippen LogP contribution >= 0.6 is 0 Å². The SMILES string of the molecule is O=C(NCc1ccnc(OCC(F)(F)F)c1)NC1CCOc2cccc(F)c21. The van der Waals surface area contributed by atoms with Crippen LogP contribution in [0, 0.1) is 5.82 Å². The highest BCUT2D eigenvalue weighted by Crippen LogP contribution is 2.33. The Bertz CT molecular complexity index is 845. The van der Waals surface area contributed by atoms with E-state index in [1.54, 1.807) is 6.07 Å². The van der Waals surface area contributed by atoms with E-state index in [0.717, 1.165) is 0 Å². The van der Waals surface area contributed by atoms with Gasteiger partial charge in [-0.05, 0) is 23.8 Å². The van der Waals surface area contributed by atoms with E-state index in [1.807, 2.05) is 0 Å². The molecule has 1 unspecified atom stereocenters. The van der Waals surface area contributed by atoms with Gasteiger partial charge in [-0.2, -0.15) is 13.2 Å². The minimum absolute atomic E-state index is 0.0318. The van der Waals surface area contributed by atoms with Crippen molar-refractivity contribution in [2.75, 3.05) is 13.2 Å². The molecule has 2 heterocycles. The number of hydrogen-bond donors (Lipinski definition) is 2. The summed E-state index contributed by atoms with van der Waals surface area (Å²) in [5.41, 5.74) is 0.788. The zero-order chi connectivity index (χ0) is 20.1. The summed E-state index contributed by atoms with van der Waals surface area (Å²) >= 11 is 0. The van der Waals surface area contributed by atoms with Crippen LogP contribution in [-0.4, -0.2) is 30.4 Å². The molecule has 0 saturated heterocycles. The maximum atomic E-state index is 14.1. The molecule has 2 N–H and O–H groups in total. The molecule has 0 spiro atoms. The monoisotopic (exact) mass is 399 g/mol. The summed E-state index contributed by atoms with van der Waals surface area (Å²) < 4.78 is 60.6. The summed E-state index contributed by atoms with van der Waals surface area (Å²) in [6.07, 6.45) is -2.78. The number of amides is 2. The van der Waals surface area contributed by atoms with Crippen molar-refractivity contribution in [1.82, 2.24) is 15.6 Å². The Morgan fingerprint density at radius 2 is 2.14 bits per heavy atom. The number of benzene rings is 1. The van der Waals surface area contributed by atoms with Crippen molar-refractivity contribution in [3.8, 4) is 11.6 Å². The van der Waals surface area contributed by atoms with E-state index in [9.17, 15) is 22.4 Å². The van der Waals surface area contributed by atoms with E-state index < -0.39 is 30.7 Å². The highest BCUT2D eigenvalue weighted by Gasteiger charge is 2.29. The van der Waals surface area contributed by atoms with Gasteiger partial charge in [0.05, 0.1) is 18.2 Å². The second-order valence-corrected chi connectivity index (χ2v) is 6.07. The highest BCUT2D eigenvalue weighted by atomic mass is 19.4. The van der Waals surface area contributed by atoms with E-state index in [1.165, 1.54) is 30.5 Å². The molecule has 0 bridgehead atoms. The first kappa shape index (κ1) is 19.7. The molecule has 6 nitrogen and oxygen atoms in total. The number of hydrogen-bond acceptors (Lipinski definition) is 4. The van der Waals surface area contributed by atoms with Crippen LogP contribution < -0.4 is 20.1 Å². The topological polar surface area (TPSA) is 72.5 Å². The van der Waals surface area contributed by atoms with Gasteiger partial charge in [-0.1, -0.05) is 6.07 Å². The Morgan fingerprint density at radius 3 is 2.93 bits per heavy atom. The molecular weight excluding hydrogens is 382 g/mol. The summed E-state index contributed by atoms with van der Waals surface area (Å²) in [5, 5.41) is 5.26. The van der Waals surface area contributed by atoms with E-state index in [4.69, 9.17) is 4.74 Å². The lowest BCUT2D eigenvalue weighted by Gasteiger charge is -2.27. The van der Waals surface area contributed by atoms with Crippen molar-refractivity contribution in [3.63, 3.8) is 0 Å². The van der Waals surface area contributed by atoms with Crippen LogP contribution in [0.25, 0.3) is 0 Å². The smallest absolute Gasteiger partial charge is 0.422 e. The minimum Gasteiger partial charge on any atom is -0.493 e. The predicted octanol–water partition coefficient (Wildman–Crippen LogP) is 3.48. The van der Waals surface area contributed by atoms with Gasteiger partial charge in [0.15, 0.2) is 6.61 Å². The summed E-state index contributed by atoms with van der Waals surface area (Å²) in [5.74, 6) is -0.280. The molecule has 0 aliphatic carbocycles. The van der Waals surface area contributed by atoms with Crippen LogP contribution in [0.5, 0.6) is 11.6 Å². The lowest BCUT2D eigenvalue weighted by Crippen LogP contribution is -2.39. The van der Waals surface area contributed by atoms with Gasteiger partial charge in [0.2, 0.25) is 5.88 Å². The Morgan fingerprint density at radius 1 is 1.32 bits per heavy atom. The summed E-state index contributed by atoms with van der Waals surface area (Å²) in [6, 6.07) is 6.19. The van der Waals surface area contributed by atoms with Crippen molar-refractivity contribution in [2.24, 2.45) is 0 Å². The first-order valence-electron chi connectivity index (χ1n) is 8.42. The molecule has 28 heavy (non-hydrogen) atoms. The van der Waals surface area contributed by atoms with Crippen molar-refractivity contribution in [1.29, 1.82) is 0 Å². The number of nitrogens with zero attached hydrogens (tertiary/aromatic N) is 1. The van der Waals surface area contributed by atoms with Gasteiger partial charge in [0.25, 0.3) is 0 Å². The standard InChI is InChI=1S/C18H17F4N3O3/c19-12-2-1-3-14-16(12)13(5-7-27-14)25-17(26)24-9-11-4-6-23-15(8-11)28-10-18(20,21)22/h1-4,6,8,13H,5,7,9-10H2,(H2,24,25,26). The van der Waals surface area contributed by atoms with Crippen LogP contribution in [0.3, 0.4) is 0 Å². The van der Waals surface area contributed by atoms with E-state index in [-0.39, 0.29) is 18.0 Å². The molecule has 1 aromatic carbocycles. The molecule has 2 amide bonds. The number of nitrogens with one attached hydrogen (secondary N) is 2. The Labute approximate surface area is 157 Å². The number of pyridine rings is 1. The number of alkyl halides is 3. The van der Waals surface area contributed by atoms with Crippen LogP contribution in [0.2, 0.25) is 0 Å². The number of urea groups is 1. The number of rotatable bonds is 5. The lowest BCUT2D eigenvalue weighted by molar-refractivity contribution is -0.154. The molecule has 0 radical (unpaired) electrons. The fourth-order valence-corrected chi connectivity index (χ4v) is 2.74. The van der Waals surface area contributed by atoms with Crippen molar-refractivity contribution < 1.29 is 31.8 Å². The molecule has 0 saturated carbocycles. The Balaban J connectivity index is 1.56. The number of carbonyl (C=O) groups is 1. The molecule has 2 aromatic rings. The molecular formula is C18H17F4N3O3. The number of halogens is 4. The first-order valence-corrected chi connectivity index (χ1v) is 8.42. The Kier molecular flexibility index (Phi) is 5.86. The average molecular weight is 399 g/mol. The quantitative estimate of drug-likeness (QED) is 0.755. The zero-order valence-corrected chi connectivity index (χ0v) is 14.6. The third kappa shape index (κ3) is 5.24. The minimum atomic E-state index is -4.47. The van der Waals surface area contributed by atoms with E-state index in [0.29, 0.717) is 24.3 Å². The Hall–Kier alpha value is -3.04. The van der Waals surface area contributed by atoms with Gasteiger partial charge in [0.1, 0.15) is 11.6 Å². The predicted molar refractivity (Wildman–Crippen MR) is 90.4 cm³/mol. The van der Waals surface area contributed by atoms with Crippen LogP contribution in [0.15, 0.2) is 36.5 Å². The van der Waals surface area contributed by atoms with Gasteiger partial charge in [0, 0.05) is 25.2 Å². The number of fused-ring (bicyclic) bond motifs is 1. The van der Waals surface area contributed by atoms with Gasteiger partial charge < -0.3 is 20.1 Å². The first-order chi connectivity index (χ1) is 13.3. The maximum absolute atomic E-state index is 14.1. The molecule has 1 aromatic heterocycles. The number of carbonyl (C=O) groups excluding carboxylic acids is 1. The number of ether oxygens (including phenoxy) is 2. The molecule has 1 atom stereocenters. The molecule has 150 valence electrons. The van der Waals surface area contributed by atoms with E-state index >= 15 is 0 Å². The molecule has 3 rings (SSSR count). The fraction of sp³-hybridized carbons (Fsp3) is 0.333. The van der Waals surface area contributed by atoms with Gasteiger partial charge in [-0.3, -0.25) is 0 Å². The second-order valence-electron chi connectivity index (χ2n) is 6.07. The largest absolute Gasteiger partial charge is 0.493 e. The molecule has 0 fully saturated rings. The number of aromatic nitrogens is 1. The average Bonchev–Trinajstić information content (AvgIpc) is 2.65. The van der Waals surface area contributed by atoms with Crippen LogP contribution in [-0.2, 0) is 6.54 Å². The third-order valence-corrected chi connectivity index (χ3v) is 3.97. The summed E-state index contributed by atoms with van der Waals surface area (Å²) in [7, 11) is 0. The van der Waals surface area contributed by atoms with Gasteiger partial charge in [-0.15, -0.1) is 0 Å². The van der Waals surface area contributed by atoms with Gasteiger partial charge >= 0.3 is 12.2 Å². The highest BCUT2D eigenvalue weighted by molar-refractivity contribution is 5.74. The van der Waals surface area contributed by atoms with Crippen molar-refractivity contribution in [3.05, 3.63) is 53.5 Å². The van der Waals surface area contributed by atoms with Crippen molar-refractivity contribution in [2.45, 2.75) is 25.2 Å². The molecule has 1 aliphatic heterocycles. The van der Waals surface area contributed by atoms with Gasteiger partial charge in [-0.25, -0.2) is 14.2 Å². The summed E-state index contributed by atoms with van der Waals surface area (Å²) in [4.78, 5) is 15.9.